The summed E-state index contributed by atoms with van der Waals surface area (Å²) in [6.45, 7) is 0.343. The second kappa shape index (κ2) is 10.8. The molecule has 1 aliphatic rings. The minimum absolute atomic E-state index is 0.0120. The van der Waals surface area contributed by atoms with Crippen LogP contribution in [0.5, 0.6) is 11.8 Å². The summed E-state index contributed by atoms with van der Waals surface area (Å²) < 4.78 is 26.2. The number of anilines is 1. The van der Waals surface area contributed by atoms with Crippen molar-refractivity contribution in [2.24, 2.45) is 0 Å². The number of halogens is 4. The van der Waals surface area contributed by atoms with Crippen molar-refractivity contribution in [2.75, 3.05) is 19.0 Å². The van der Waals surface area contributed by atoms with Gasteiger partial charge in [0.15, 0.2) is 10.7 Å². The Bertz CT molecular complexity index is 1480. The summed E-state index contributed by atoms with van der Waals surface area (Å²) in [5.41, 5.74) is 2.74. The number of rotatable bonds is 9. The Labute approximate surface area is 233 Å². The maximum atomic E-state index is 13.6. The van der Waals surface area contributed by atoms with Crippen molar-refractivity contribution in [3.8, 4) is 28.8 Å². The Kier molecular flexibility index (Phi) is 7.47. The zero-order valence-corrected chi connectivity index (χ0v) is 22.4. The minimum Gasteiger partial charge on any atom is -0.497 e. The van der Waals surface area contributed by atoms with Crippen molar-refractivity contribution in [3.63, 3.8) is 0 Å². The summed E-state index contributed by atoms with van der Waals surface area (Å²) in [7, 11) is 1.62. The summed E-state index contributed by atoms with van der Waals surface area (Å²) in [4.78, 5) is 15.5. The van der Waals surface area contributed by atoms with Gasteiger partial charge in [-0.15, -0.1) is 16.7 Å². The summed E-state index contributed by atoms with van der Waals surface area (Å²) in [5, 5.41) is 7.99. The highest BCUT2D eigenvalue weighted by Gasteiger charge is 2.60. The van der Waals surface area contributed by atoms with E-state index in [4.69, 9.17) is 44.3 Å². The molecule has 196 valence electrons. The second-order valence-electron chi connectivity index (χ2n) is 8.74. The molecule has 0 saturated heterocycles. The van der Waals surface area contributed by atoms with Gasteiger partial charge in [-0.1, -0.05) is 41.4 Å². The summed E-state index contributed by atoms with van der Waals surface area (Å²) >= 11 is 18.4. The quantitative estimate of drug-likeness (QED) is 0.230. The van der Waals surface area contributed by atoms with Crippen LogP contribution in [-0.4, -0.2) is 45.4 Å². The number of carbonyl (C=O) groups is 1. The number of carbonyl (C=O) groups excluding carboxylic acids is 1. The monoisotopic (exact) mass is 574 g/mol. The fraction of sp³-hybridized carbons (Fsp3) is 0.222. The summed E-state index contributed by atoms with van der Waals surface area (Å²) in [6, 6.07) is 19.9. The van der Waals surface area contributed by atoms with Crippen LogP contribution < -0.4 is 14.8 Å². The van der Waals surface area contributed by atoms with Crippen molar-refractivity contribution >= 4 is 46.4 Å². The van der Waals surface area contributed by atoms with E-state index in [2.05, 4.69) is 15.4 Å². The molecule has 0 bridgehead atoms. The fourth-order valence-corrected chi connectivity index (χ4v) is 4.28. The number of nitrogens with one attached hydrogen (secondary N) is 1. The number of benzene rings is 3. The Morgan fingerprint density at radius 1 is 1.13 bits per heavy atom. The standard InChI is InChI=1S/C27H22Cl3FN4O3/c1-37-20-8-5-16(6-9-20)11-12-38-26-33-24(17-7-10-21(28)22(29)13-17)35(34-26)19-4-2-3-18(14-19)32-25(36)27(30)15-23(27)31/h2-10,13-14,23H,11-12,15H2,1H3,(H,32,36)/t23-,27-/m0/s1. The van der Waals surface area contributed by atoms with Gasteiger partial charge in [0.2, 0.25) is 5.91 Å². The number of hydrogen-bond donors (Lipinski definition) is 1. The molecule has 38 heavy (non-hydrogen) atoms. The van der Waals surface area contributed by atoms with Crippen LogP contribution in [0.2, 0.25) is 10.0 Å². The van der Waals surface area contributed by atoms with E-state index in [-0.39, 0.29) is 12.4 Å². The average molecular weight is 576 g/mol. The van der Waals surface area contributed by atoms with E-state index in [1.807, 2.05) is 24.3 Å². The molecule has 1 N–H and O–H groups in total. The number of alkyl halides is 2. The Balaban J connectivity index is 1.41. The van der Waals surface area contributed by atoms with Gasteiger partial charge in [-0.2, -0.15) is 4.98 Å². The first-order valence-electron chi connectivity index (χ1n) is 11.7. The number of methoxy groups -OCH3 is 1. The van der Waals surface area contributed by atoms with Gasteiger partial charge in [-0.3, -0.25) is 4.79 Å². The Hall–Kier alpha value is -3.33. The van der Waals surface area contributed by atoms with Crippen LogP contribution in [0.1, 0.15) is 12.0 Å². The SMILES string of the molecule is COc1ccc(CCOc2nc(-c3ccc(Cl)c(Cl)c3)n(-c3cccc(NC(=O)[C@]4(Cl)C[C@@H]4F)c3)n2)cc1. The molecule has 1 amide bonds. The van der Waals surface area contributed by atoms with Crippen LogP contribution in [0.15, 0.2) is 66.7 Å². The van der Waals surface area contributed by atoms with Gasteiger partial charge in [0.1, 0.15) is 11.9 Å². The van der Waals surface area contributed by atoms with Crippen molar-refractivity contribution in [2.45, 2.75) is 23.9 Å². The lowest BCUT2D eigenvalue weighted by Crippen LogP contribution is -2.27. The van der Waals surface area contributed by atoms with Crippen molar-refractivity contribution in [3.05, 3.63) is 82.3 Å². The highest BCUT2D eigenvalue weighted by atomic mass is 35.5. The molecule has 0 aliphatic heterocycles. The van der Waals surface area contributed by atoms with Crippen LogP contribution in [0.25, 0.3) is 17.1 Å². The molecule has 0 radical (unpaired) electrons. The number of hydrogen-bond acceptors (Lipinski definition) is 5. The third-order valence-corrected chi connectivity index (χ3v) is 7.39. The number of ether oxygens (including phenoxy) is 2. The highest BCUT2D eigenvalue weighted by molar-refractivity contribution is 6.42. The van der Waals surface area contributed by atoms with Gasteiger partial charge < -0.3 is 14.8 Å². The Morgan fingerprint density at radius 2 is 1.89 bits per heavy atom. The molecular weight excluding hydrogens is 554 g/mol. The second-order valence-corrected chi connectivity index (χ2v) is 10.2. The summed E-state index contributed by atoms with van der Waals surface area (Å²) in [5.74, 6) is 0.642. The van der Waals surface area contributed by atoms with Gasteiger partial charge in [0.05, 0.1) is 29.4 Å². The molecule has 11 heteroatoms. The zero-order chi connectivity index (χ0) is 26.9. The smallest absolute Gasteiger partial charge is 0.336 e. The van der Waals surface area contributed by atoms with Gasteiger partial charge in [0, 0.05) is 24.1 Å². The molecular formula is C27H22Cl3FN4O3. The van der Waals surface area contributed by atoms with Crippen LogP contribution in [0.3, 0.4) is 0 Å². The van der Waals surface area contributed by atoms with Gasteiger partial charge in [-0.25, -0.2) is 9.07 Å². The lowest BCUT2D eigenvalue weighted by atomic mass is 10.1. The van der Waals surface area contributed by atoms with Gasteiger partial charge in [0.25, 0.3) is 0 Å². The normalized spacial score (nSPS) is 18.2. The van der Waals surface area contributed by atoms with E-state index < -0.39 is 17.0 Å². The molecule has 1 aromatic heterocycles. The van der Waals surface area contributed by atoms with E-state index in [0.29, 0.717) is 45.8 Å². The third-order valence-electron chi connectivity index (χ3n) is 6.09. The lowest BCUT2D eigenvalue weighted by Gasteiger charge is -2.11. The van der Waals surface area contributed by atoms with E-state index >= 15 is 0 Å². The average Bonchev–Trinajstić information content (AvgIpc) is 3.33. The zero-order valence-electron chi connectivity index (χ0n) is 20.1. The van der Waals surface area contributed by atoms with Crippen LogP contribution in [0.4, 0.5) is 10.1 Å². The molecule has 2 atom stereocenters. The van der Waals surface area contributed by atoms with E-state index in [1.165, 1.54) is 0 Å². The maximum Gasteiger partial charge on any atom is 0.336 e. The van der Waals surface area contributed by atoms with Gasteiger partial charge in [-0.05, 0) is 54.1 Å². The van der Waals surface area contributed by atoms with Crippen LogP contribution in [-0.2, 0) is 11.2 Å². The molecule has 1 heterocycles. The summed E-state index contributed by atoms with van der Waals surface area (Å²) in [6.07, 6.45) is -0.735. The molecule has 0 unspecified atom stereocenters. The van der Waals surface area contributed by atoms with E-state index in [0.717, 1.165) is 11.3 Å². The lowest BCUT2D eigenvalue weighted by molar-refractivity contribution is -0.116. The maximum absolute atomic E-state index is 13.6. The molecule has 5 rings (SSSR count). The first-order chi connectivity index (χ1) is 18.3. The fourth-order valence-electron chi connectivity index (χ4n) is 3.80. The number of nitrogens with zero attached hydrogens (tertiary/aromatic N) is 3. The minimum atomic E-state index is -1.51. The molecule has 7 nitrogen and oxygen atoms in total. The predicted octanol–water partition coefficient (Wildman–Crippen LogP) is 6.53. The van der Waals surface area contributed by atoms with Crippen molar-refractivity contribution < 1.29 is 18.7 Å². The molecule has 1 saturated carbocycles. The third kappa shape index (κ3) is 5.57. The van der Waals surface area contributed by atoms with Crippen molar-refractivity contribution in [1.82, 2.24) is 14.8 Å². The first kappa shape index (κ1) is 26.3. The molecule has 4 aromatic rings. The van der Waals surface area contributed by atoms with Crippen LogP contribution >= 0.6 is 34.8 Å². The van der Waals surface area contributed by atoms with E-state index in [1.54, 1.807) is 54.3 Å². The van der Waals surface area contributed by atoms with E-state index in [9.17, 15) is 9.18 Å². The van der Waals surface area contributed by atoms with Crippen molar-refractivity contribution in [1.29, 1.82) is 0 Å². The predicted molar refractivity (Wildman–Crippen MR) is 146 cm³/mol. The molecule has 1 aliphatic carbocycles. The number of amides is 1. The first-order valence-corrected chi connectivity index (χ1v) is 12.8. The Morgan fingerprint density at radius 3 is 2.58 bits per heavy atom. The topological polar surface area (TPSA) is 78.3 Å². The van der Waals surface area contributed by atoms with Gasteiger partial charge >= 0.3 is 6.01 Å². The highest BCUT2D eigenvalue weighted by Crippen LogP contribution is 2.46. The largest absolute Gasteiger partial charge is 0.497 e. The van der Waals surface area contributed by atoms with Crippen LogP contribution in [0, 0.1) is 0 Å². The molecule has 1 fully saturated rings. The molecule has 3 aromatic carbocycles. The number of aromatic nitrogens is 3. The molecule has 0 spiro atoms.